The van der Waals surface area contributed by atoms with Crippen LogP contribution in [0, 0.1) is 6.92 Å². The van der Waals surface area contributed by atoms with Gasteiger partial charge < -0.3 is 10.6 Å². The van der Waals surface area contributed by atoms with Crippen LogP contribution in [0.2, 0.25) is 0 Å². The van der Waals surface area contributed by atoms with Gasteiger partial charge in [-0.15, -0.1) is 0 Å². The summed E-state index contributed by atoms with van der Waals surface area (Å²) >= 11 is 10.3. The minimum Gasteiger partial charge on any atom is -0.372 e. The lowest BCUT2D eigenvalue weighted by Crippen LogP contribution is -2.15. The second-order valence-corrected chi connectivity index (χ2v) is 6.98. The van der Waals surface area contributed by atoms with Crippen LogP contribution in [-0.4, -0.2) is 17.9 Å². The summed E-state index contributed by atoms with van der Waals surface area (Å²) in [5, 5.41) is 5.80. The third-order valence-corrected chi connectivity index (χ3v) is 4.45. The van der Waals surface area contributed by atoms with Gasteiger partial charge in [-0.1, -0.05) is 0 Å². The molecule has 0 aliphatic rings. The Morgan fingerprint density at radius 1 is 1.14 bits per heavy atom. The summed E-state index contributed by atoms with van der Waals surface area (Å²) in [6.45, 7) is 1.98. The van der Waals surface area contributed by atoms with Crippen molar-refractivity contribution >= 4 is 65.2 Å². The fraction of sp³-hybridized carbons (Fsp3) is 0.143. The Labute approximate surface area is 148 Å². The third-order valence-electron chi connectivity index (χ3n) is 2.76. The Morgan fingerprint density at radius 3 is 2.33 bits per heavy atom. The molecule has 7 heteroatoms. The van der Waals surface area contributed by atoms with Gasteiger partial charge in [0.1, 0.15) is 5.82 Å². The molecule has 0 aliphatic heterocycles. The van der Waals surface area contributed by atoms with Crippen LogP contribution in [0.25, 0.3) is 0 Å². The molecular formula is C14H12Br3N3O. The quantitative estimate of drug-likeness (QED) is 0.656. The van der Waals surface area contributed by atoms with Crippen LogP contribution in [-0.2, 0) is 0 Å². The molecule has 2 rings (SSSR count). The van der Waals surface area contributed by atoms with E-state index in [0.29, 0.717) is 17.1 Å². The largest absolute Gasteiger partial charge is 0.372 e. The summed E-state index contributed by atoms with van der Waals surface area (Å²) in [6, 6.07) is 5.61. The monoisotopic (exact) mass is 475 g/mol. The number of nitrogens with zero attached hydrogens (tertiary/aromatic N) is 1. The van der Waals surface area contributed by atoms with Crippen LogP contribution in [0.3, 0.4) is 0 Å². The molecule has 0 spiro atoms. The molecule has 1 amide bonds. The summed E-state index contributed by atoms with van der Waals surface area (Å²) in [5.41, 5.74) is 2.24. The van der Waals surface area contributed by atoms with E-state index in [4.69, 9.17) is 0 Å². The van der Waals surface area contributed by atoms with E-state index in [9.17, 15) is 4.79 Å². The van der Waals surface area contributed by atoms with E-state index in [1.165, 1.54) is 0 Å². The standard InChI is InChI=1S/C14H12Br3N3O/c1-7-3-10(16)12(11(17)4-7)20-14(21)9-5-8(15)6-19-13(9)18-2/h3-6H,1-2H3,(H,18,19)(H,20,21). The molecular weight excluding hydrogens is 466 g/mol. The number of carbonyl (C=O) groups excluding carboxylic acids is 1. The second kappa shape index (κ2) is 6.89. The Bertz CT molecular complexity index is 681. The number of benzene rings is 1. The Kier molecular flexibility index (Phi) is 5.40. The highest BCUT2D eigenvalue weighted by molar-refractivity contribution is 9.11. The number of nitrogens with one attached hydrogen (secondary N) is 2. The third kappa shape index (κ3) is 3.84. The molecule has 0 aliphatic carbocycles. The van der Waals surface area contributed by atoms with Crippen molar-refractivity contribution in [2.45, 2.75) is 6.92 Å². The molecule has 1 aromatic heterocycles. The lowest BCUT2D eigenvalue weighted by Gasteiger charge is -2.13. The van der Waals surface area contributed by atoms with E-state index in [1.807, 2.05) is 19.1 Å². The van der Waals surface area contributed by atoms with Crippen LogP contribution in [0.15, 0.2) is 37.8 Å². The number of halogens is 3. The fourth-order valence-electron chi connectivity index (χ4n) is 1.81. The van der Waals surface area contributed by atoms with Gasteiger partial charge in [0.15, 0.2) is 0 Å². The SMILES string of the molecule is CNc1ncc(Br)cc1C(=O)Nc1c(Br)cc(C)cc1Br. The number of hydrogen-bond donors (Lipinski definition) is 2. The van der Waals surface area contributed by atoms with Gasteiger partial charge >= 0.3 is 0 Å². The van der Waals surface area contributed by atoms with Crippen LogP contribution in [0.1, 0.15) is 15.9 Å². The molecule has 0 fully saturated rings. The molecule has 2 aromatic rings. The van der Waals surface area contributed by atoms with E-state index in [2.05, 4.69) is 63.4 Å². The van der Waals surface area contributed by atoms with Gasteiger partial charge in [-0.25, -0.2) is 4.98 Å². The predicted molar refractivity (Wildman–Crippen MR) is 96.0 cm³/mol. The highest BCUT2D eigenvalue weighted by Gasteiger charge is 2.16. The highest BCUT2D eigenvalue weighted by atomic mass is 79.9. The Balaban J connectivity index is 2.37. The number of pyridine rings is 1. The molecule has 0 unspecified atom stereocenters. The van der Waals surface area contributed by atoms with Gasteiger partial charge in [0.25, 0.3) is 5.91 Å². The number of aromatic nitrogens is 1. The molecule has 0 atom stereocenters. The van der Waals surface area contributed by atoms with E-state index >= 15 is 0 Å². The van der Waals surface area contributed by atoms with Crippen molar-refractivity contribution in [1.82, 2.24) is 4.98 Å². The Morgan fingerprint density at radius 2 is 1.76 bits per heavy atom. The van der Waals surface area contributed by atoms with Crippen molar-refractivity contribution in [2.24, 2.45) is 0 Å². The predicted octanol–water partition coefficient (Wildman–Crippen LogP) is 4.97. The van der Waals surface area contributed by atoms with Crippen LogP contribution >= 0.6 is 47.8 Å². The van der Waals surface area contributed by atoms with E-state index in [-0.39, 0.29) is 5.91 Å². The van der Waals surface area contributed by atoms with Gasteiger partial charge in [-0.3, -0.25) is 4.79 Å². The smallest absolute Gasteiger partial charge is 0.259 e. The minimum absolute atomic E-state index is 0.238. The number of aryl methyl sites for hydroxylation is 1. The zero-order chi connectivity index (χ0) is 15.6. The summed E-state index contributed by atoms with van der Waals surface area (Å²) in [7, 11) is 1.73. The highest BCUT2D eigenvalue weighted by Crippen LogP contribution is 2.33. The van der Waals surface area contributed by atoms with Crippen LogP contribution in [0.4, 0.5) is 11.5 Å². The first-order chi connectivity index (χ1) is 9.92. The lowest BCUT2D eigenvalue weighted by molar-refractivity contribution is 0.102. The van der Waals surface area contributed by atoms with Gasteiger partial charge in [-0.2, -0.15) is 0 Å². The van der Waals surface area contributed by atoms with Crippen molar-refractivity contribution in [2.75, 3.05) is 17.7 Å². The van der Waals surface area contributed by atoms with Crippen molar-refractivity contribution in [3.05, 3.63) is 48.9 Å². The molecule has 110 valence electrons. The van der Waals surface area contributed by atoms with Crippen LogP contribution in [0.5, 0.6) is 0 Å². The molecule has 4 nitrogen and oxygen atoms in total. The van der Waals surface area contributed by atoms with E-state index in [0.717, 1.165) is 19.0 Å². The maximum Gasteiger partial charge on any atom is 0.259 e. The first kappa shape index (κ1) is 16.5. The maximum atomic E-state index is 12.5. The van der Waals surface area contributed by atoms with Crippen LogP contribution < -0.4 is 10.6 Å². The molecule has 21 heavy (non-hydrogen) atoms. The van der Waals surface area contributed by atoms with Gasteiger partial charge in [0.2, 0.25) is 0 Å². The number of hydrogen-bond acceptors (Lipinski definition) is 3. The first-order valence-corrected chi connectivity index (χ1v) is 8.40. The fourth-order valence-corrected chi connectivity index (χ4v) is 3.76. The summed E-state index contributed by atoms with van der Waals surface area (Å²) in [6.07, 6.45) is 1.64. The van der Waals surface area contributed by atoms with Crippen molar-refractivity contribution in [3.63, 3.8) is 0 Å². The topological polar surface area (TPSA) is 54.0 Å². The first-order valence-electron chi connectivity index (χ1n) is 6.02. The molecule has 1 aromatic carbocycles. The normalized spacial score (nSPS) is 10.3. The zero-order valence-electron chi connectivity index (χ0n) is 11.3. The maximum absolute atomic E-state index is 12.5. The number of anilines is 2. The van der Waals surface area contributed by atoms with Crippen molar-refractivity contribution < 1.29 is 4.79 Å². The number of carbonyl (C=O) groups is 1. The number of rotatable bonds is 3. The molecule has 0 radical (unpaired) electrons. The van der Waals surface area contributed by atoms with Gasteiger partial charge in [0.05, 0.1) is 11.3 Å². The van der Waals surface area contributed by atoms with E-state index in [1.54, 1.807) is 19.3 Å². The molecule has 0 saturated heterocycles. The molecule has 0 saturated carbocycles. The minimum atomic E-state index is -0.238. The van der Waals surface area contributed by atoms with Gasteiger partial charge in [-0.05, 0) is 78.5 Å². The second-order valence-electron chi connectivity index (χ2n) is 4.36. The molecule has 1 heterocycles. The average Bonchev–Trinajstić information content (AvgIpc) is 2.42. The van der Waals surface area contributed by atoms with Crippen molar-refractivity contribution in [1.29, 1.82) is 0 Å². The summed E-state index contributed by atoms with van der Waals surface area (Å²) in [5.74, 6) is 0.286. The summed E-state index contributed by atoms with van der Waals surface area (Å²) in [4.78, 5) is 16.7. The summed E-state index contributed by atoms with van der Waals surface area (Å²) < 4.78 is 2.38. The average molecular weight is 478 g/mol. The molecule has 2 N–H and O–H groups in total. The van der Waals surface area contributed by atoms with Gasteiger partial charge in [0, 0.05) is 26.7 Å². The van der Waals surface area contributed by atoms with E-state index < -0.39 is 0 Å². The zero-order valence-corrected chi connectivity index (χ0v) is 16.1. The molecule has 0 bridgehead atoms. The number of amides is 1. The van der Waals surface area contributed by atoms with Crippen molar-refractivity contribution in [3.8, 4) is 0 Å². The Hall–Kier alpha value is -0.920. The lowest BCUT2D eigenvalue weighted by atomic mass is 10.2.